The largest absolute Gasteiger partial charge is 0.459 e. The molecule has 154 valence electrons. The van der Waals surface area contributed by atoms with Crippen molar-refractivity contribution in [2.45, 2.75) is 24.9 Å². The molecule has 2 N–H and O–H groups in total. The Morgan fingerprint density at radius 1 is 1.38 bits per heavy atom. The molecule has 1 aliphatic rings. The van der Waals surface area contributed by atoms with Gasteiger partial charge in [0.05, 0.1) is 27.3 Å². The SMILES string of the molecule is O=C(OC[C@H]1O[C@@H](n2cc(/C=C/Br)c(=O)[nH]c2=O)C[C@@H]1O)c1ccc(Cl)c(Cl)c1. The molecule has 11 heteroatoms. The Kier molecular flexibility index (Phi) is 6.97. The Labute approximate surface area is 182 Å². The molecule has 1 aliphatic heterocycles. The molecule has 0 bridgehead atoms. The van der Waals surface area contributed by atoms with Gasteiger partial charge in [-0.1, -0.05) is 39.1 Å². The average Bonchev–Trinajstić information content (AvgIpc) is 3.04. The Bertz CT molecular complexity index is 1070. The Hall–Kier alpha value is -1.91. The van der Waals surface area contributed by atoms with E-state index in [-0.39, 0.29) is 29.2 Å². The van der Waals surface area contributed by atoms with E-state index in [9.17, 15) is 19.5 Å². The Morgan fingerprint density at radius 3 is 2.83 bits per heavy atom. The van der Waals surface area contributed by atoms with Crippen molar-refractivity contribution in [2.75, 3.05) is 6.61 Å². The monoisotopic (exact) mass is 504 g/mol. The van der Waals surface area contributed by atoms with E-state index < -0.39 is 35.7 Å². The molecule has 1 saturated heterocycles. The van der Waals surface area contributed by atoms with Crippen LogP contribution in [0.15, 0.2) is 39.0 Å². The molecule has 0 amide bonds. The van der Waals surface area contributed by atoms with Crippen LogP contribution < -0.4 is 11.2 Å². The summed E-state index contributed by atoms with van der Waals surface area (Å²) in [6.45, 7) is -0.233. The van der Waals surface area contributed by atoms with Crippen LogP contribution in [0, 0.1) is 0 Å². The van der Waals surface area contributed by atoms with Crippen molar-refractivity contribution < 1.29 is 19.4 Å². The number of halogens is 3. The van der Waals surface area contributed by atoms with Gasteiger partial charge >= 0.3 is 11.7 Å². The van der Waals surface area contributed by atoms with E-state index in [1.807, 2.05) is 0 Å². The highest BCUT2D eigenvalue weighted by molar-refractivity contribution is 9.11. The maximum absolute atomic E-state index is 12.2. The molecule has 1 aromatic heterocycles. The number of carbonyl (C=O) groups is 1. The maximum Gasteiger partial charge on any atom is 0.338 e. The summed E-state index contributed by atoms with van der Waals surface area (Å²) in [7, 11) is 0. The molecule has 0 aliphatic carbocycles. The van der Waals surface area contributed by atoms with Gasteiger partial charge in [0.25, 0.3) is 5.56 Å². The van der Waals surface area contributed by atoms with Crippen molar-refractivity contribution in [3.05, 3.63) is 71.4 Å². The number of H-pyrrole nitrogens is 1. The van der Waals surface area contributed by atoms with Gasteiger partial charge in [0.2, 0.25) is 0 Å². The lowest BCUT2D eigenvalue weighted by Gasteiger charge is -2.16. The predicted molar refractivity (Wildman–Crippen MR) is 111 cm³/mol. The average molecular weight is 506 g/mol. The smallest absolute Gasteiger partial charge is 0.338 e. The third-order valence-electron chi connectivity index (χ3n) is 4.29. The van der Waals surface area contributed by atoms with E-state index in [0.29, 0.717) is 5.02 Å². The molecule has 2 aromatic rings. The third-order valence-corrected chi connectivity index (χ3v) is 5.29. The zero-order chi connectivity index (χ0) is 21.1. The van der Waals surface area contributed by atoms with Crippen LogP contribution in [0.5, 0.6) is 0 Å². The zero-order valence-electron chi connectivity index (χ0n) is 14.7. The maximum atomic E-state index is 12.2. The summed E-state index contributed by atoms with van der Waals surface area (Å²) in [6.07, 6.45) is 0.233. The van der Waals surface area contributed by atoms with E-state index in [4.69, 9.17) is 32.7 Å². The zero-order valence-corrected chi connectivity index (χ0v) is 17.8. The number of aromatic nitrogens is 2. The number of nitrogens with one attached hydrogen (secondary N) is 1. The van der Waals surface area contributed by atoms with Crippen LogP contribution in [0.3, 0.4) is 0 Å². The first-order valence-electron chi connectivity index (χ1n) is 8.38. The van der Waals surface area contributed by atoms with Crippen LogP contribution in [-0.4, -0.2) is 39.4 Å². The number of rotatable bonds is 5. The molecule has 1 aromatic carbocycles. The van der Waals surface area contributed by atoms with Gasteiger partial charge < -0.3 is 14.6 Å². The molecule has 1 fully saturated rings. The number of esters is 1. The second-order valence-electron chi connectivity index (χ2n) is 6.20. The lowest BCUT2D eigenvalue weighted by atomic mass is 10.2. The van der Waals surface area contributed by atoms with E-state index in [1.165, 1.54) is 40.0 Å². The topological polar surface area (TPSA) is 111 Å². The van der Waals surface area contributed by atoms with Gasteiger partial charge in [-0.05, 0) is 29.3 Å². The number of aromatic amines is 1. The predicted octanol–water partition coefficient (Wildman–Crippen LogP) is 2.71. The number of nitrogens with zero attached hydrogens (tertiary/aromatic N) is 1. The van der Waals surface area contributed by atoms with Gasteiger partial charge in [0.15, 0.2) is 0 Å². The molecule has 2 heterocycles. The highest BCUT2D eigenvalue weighted by Crippen LogP contribution is 2.28. The van der Waals surface area contributed by atoms with Crippen LogP contribution in [0.4, 0.5) is 0 Å². The van der Waals surface area contributed by atoms with Crippen LogP contribution >= 0.6 is 39.1 Å². The molecule has 8 nitrogen and oxygen atoms in total. The van der Waals surface area contributed by atoms with E-state index in [1.54, 1.807) is 0 Å². The first-order valence-corrected chi connectivity index (χ1v) is 10.0. The lowest BCUT2D eigenvalue weighted by molar-refractivity contribution is -0.0532. The van der Waals surface area contributed by atoms with Crippen molar-refractivity contribution >= 4 is 51.2 Å². The van der Waals surface area contributed by atoms with Crippen LogP contribution in [0.25, 0.3) is 6.08 Å². The fourth-order valence-electron chi connectivity index (χ4n) is 2.80. The lowest BCUT2D eigenvalue weighted by Crippen LogP contribution is -2.33. The highest BCUT2D eigenvalue weighted by atomic mass is 79.9. The summed E-state index contributed by atoms with van der Waals surface area (Å²) >= 11 is 14.8. The molecule has 0 saturated carbocycles. The fourth-order valence-corrected chi connectivity index (χ4v) is 3.38. The Morgan fingerprint density at radius 2 is 2.14 bits per heavy atom. The summed E-state index contributed by atoms with van der Waals surface area (Å²) < 4.78 is 12.0. The molecule has 3 atom stereocenters. The summed E-state index contributed by atoms with van der Waals surface area (Å²) in [5.41, 5.74) is -0.791. The number of carbonyl (C=O) groups excluding carboxylic acids is 1. The van der Waals surface area contributed by atoms with Crippen LogP contribution in [-0.2, 0) is 9.47 Å². The number of aliphatic hydroxyl groups is 1. The van der Waals surface area contributed by atoms with Crippen molar-refractivity contribution in [1.82, 2.24) is 9.55 Å². The first-order chi connectivity index (χ1) is 13.8. The van der Waals surface area contributed by atoms with Crippen LogP contribution in [0.1, 0.15) is 28.6 Å². The summed E-state index contributed by atoms with van der Waals surface area (Å²) in [5.74, 6) is -0.659. The van der Waals surface area contributed by atoms with Gasteiger partial charge in [0.1, 0.15) is 18.9 Å². The second kappa shape index (κ2) is 9.27. The van der Waals surface area contributed by atoms with Gasteiger partial charge in [-0.25, -0.2) is 9.59 Å². The summed E-state index contributed by atoms with van der Waals surface area (Å²) in [5, 5.41) is 10.8. The molecular weight excluding hydrogens is 491 g/mol. The van der Waals surface area contributed by atoms with Crippen molar-refractivity contribution in [1.29, 1.82) is 0 Å². The minimum atomic E-state index is -0.976. The first kappa shape index (κ1) is 21.8. The minimum Gasteiger partial charge on any atom is -0.459 e. The molecular formula is C18H15BrCl2N2O6. The molecule has 3 rings (SSSR count). The normalized spacial score (nSPS) is 21.6. The van der Waals surface area contributed by atoms with Gasteiger partial charge in [-0.15, -0.1) is 0 Å². The number of benzene rings is 1. The van der Waals surface area contributed by atoms with Crippen molar-refractivity contribution in [3.63, 3.8) is 0 Å². The van der Waals surface area contributed by atoms with Gasteiger partial charge in [-0.2, -0.15) is 0 Å². The molecule has 0 spiro atoms. The number of aliphatic hydroxyl groups excluding tert-OH is 1. The van der Waals surface area contributed by atoms with E-state index in [2.05, 4.69) is 20.9 Å². The Balaban J connectivity index is 1.69. The van der Waals surface area contributed by atoms with Crippen LogP contribution in [0.2, 0.25) is 10.0 Å². The number of ether oxygens (including phenoxy) is 2. The number of hydrogen-bond donors (Lipinski definition) is 2. The summed E-state index contributed by atoms with van der Waals surface area (Å²) in [6, 6.07) is 4.31. The van der Waals surface area contributed by atoms with Gasteiger partial charge in [-0.3, -0.25) is 14.3 Å². The third kappa shape index (κ3) is 4.99. The molecule has 0 unspecified atom stereocenters. The molecule has 29 heavy (non-hydrogen) atoms. The second-order valence-corrected chi connectivity index (χ2v) is 7.55. The van der Waals surface area contributed by atoms with Gasteiger partial charge in [0, 0.05) is 12.6 Å². The molecule has 0 radical (unpaired) electrons. The standard InChI is InChI=1S/C18H15BrCl2N2O6/c19-4-3-10-7-23(18(27)22-16(10)25)15-6-13(24)14(29-15)8-28-17(26)9-1-2-11(20)12(21)5-9/h1-5,7,13-15,24H,6,8H2,(H,22,25,27)/b4-3+/t13-,14+,15+/m0/s1. The van der Waals surface area contributed by atoms with Crippen molar-refractivity contribution in [2.24, 2.45) is 0 Å². The minimum absolute atomic E-state index is 0.0818. The highest BCUT2D eigenvalue weighted by Gasteiger charge is 2.36. The van der Waals surface area contributed by atoms with Crippen molar-refractivity contribution in [3.8, 4) is 0 Å². The van der Waals surface area contributed by atoms with E-state index >= 15 is 0 Å². The summed E-state index contributed by atoms with van der Waals surface area (Å²) in [4.78, 5) is 39.7. The quantitative estimate of drug-likeness (QED) is 0.604. The fraction of sp³-hybridized carbons (Fsp3) is 0.278. The van der Waals surface area contributed by atoms with E-state index in [0.717, 1.165) is 0 Å². The number of hydrogen-bond acceptors (Lipinski definition) is 6.